The summed E-state index contributed by atoms with van der Waals surface area (Å²) in [5.74, 6) is 0.988. The number of ether oxygens (including phenoxy) is 1. The highest BCUT2D eigenvalue weighted by Gasteiger charge is 2.42. The number of benzene rings is 3. The van der Waals surface area contributed by atoms with Crippen molar-refractivity contribution in [2.45, 2.75) is 52.2 Å². The molecular weight excluding hydrogens is 392 g/mol. The van der Waals surface area contributed by atoms with Gasteiger partial charge in [-0.3, -0.25) is 0 Å². The van der Waals surface area contributed by atoms with Gasteiger partial charge in [-0.1, -0.05) is 49.7 Å². The Morgan fingerprint density at radius 3 is 2.50 bits per heavy atom. The molecule has 3 heteroatoms. The van der Waals surface area contributed by atoms with Gasteiger partial charge in [0, 0.05) is 25.3 Å². The number of aryl methyl sites for hydroxylation is 1. The van der Waals surface area contributed by atoms with Gasteiger partial charge in [0.25, 0.3) is 0 Å². The molecule has 166 valence electrons. The Morgan fingerprint density at radius 2 is 1.75 bits per heavy atom. The molecule has 3 nitrogen and oxygen atoms in total. The maximum Gasteiger partial charge on any atom is 0.122 e. The highest BCUT2D eigenvalue weighted by Crippen LogP contribution is 2.49. The number of nitrogens with two attached hydrogens (primary N) is 1. The Balaban J connectivity index is 1.46. The summed E-state index contributed by atoms with van der Waals surface area (Å²) in [7, 11) is 0. The Kier molecular flexibility index (Phi) is 5.93. The first-order valence-electron chi connectivity index (χ1n) is 12.1. The van der Waals surface area contributed by atoms with Crippen molar-refractivity contribution in [1.29, 1.82) is 0 Å². The molecule has 0 aromatic heterocycles. The van der Waals surface area contributed by atoms with Crippen molar-refractivity contribution >= 4 is 5.69 Å². The minimum absolute atomic E-state index is 0.561. The van der Waals surface area contributed by atoms with E-state index in [9.17, 15) is 0 Å². The molecule has 1 saturated carbocycles. The number of anilines is 1. The molecule has 32 heavy (non-hydrogen) atoms. The largest absolute Gasteiger partial charge is 0.489 e. The van der Waals surface area contributed by atoms with E-state index < -0.39 is 0 Å². The van der Waals surface area contributed by atoms with Crippen LogP contribution < -0.4 is 15.4 Å². The Hall–Kier alpha value is -2.78. The highest BCUT2D eigenvalue weighted by atomic mass is 16.5. The fraction of sp³-hybridized carbons (Fsp3) is 0.379. The number of para-hydroxylation sites is 1. The first kappa shape index (κ1) is 21.1. The van der Waals surface area contributed by atoms with Gasteiger partial charge in [0.1, 0.15) is 12.4 Å². The zero-order chi connectivity index (χ0) is 22.0. The van der Waals surface area contributed by atoms with Gasteiger partial charge in [0.05, 0.1) is 0 Å². The Bertz CT molecular complexity index is 1090. The quantitative estimate of drug-likeness (QED) is 0.479. The molecule has 2 N–H and O–H groups in total. The molecule has 1 aliphatic carbocycles. The molecule has 0 radical (unpaired) electrons. The summed E-state index contributed by atoms with van der Waals surface area (Å²) in [4.78, 5) is 2.60. The molecule has 1 aliphatic heterocycles. The lowest BCUT2D eigenvalue weighted by Gasteiger charge is -2.38. The smallest absolute Gasteiger partial charge is 0.122 e. The molecule has 2 aliphatic rings. The van der Waals surface area contributed by atoms with Crippen molar-refractivity contribution in [3.8, 4) is 16.9 Å². The highest BCUT2D eigenvalue weighted by molar-refractivity contribution is 5.70. The molecule has 0 bridgehead atoms. The van der Waals surface area contributed by atoms with Crippen LogP contribution in [0.25, 0.3) is 11.1 Å². The second-order valence-electron chi connectivity index (χ2n) is 9.57. The van der Waals surface area contributed by atoms with Gasteiger partial charge in [-0.15, -0.1) is 0 Å². The average Bonchev–Trinajstić information content (AvgIpc) is 3.30. The molecule has 5 rings (SSSR count). The van der Waals surface area contributed by atoms with E-state index in [0.717, 1.165) is 24.3 Å². The van der Waals surface area contributed by atoms with Crippen molar-refractivity contribution in [2.75, 3.05) is 18.0 Å². The van der Waals surface area contributed by atoms with Gasteiger partial charge in [-0.2, -0.15) is 0 Å². The van der Waals surface area contributed by atoms with Gasteiger partial charge >= 0.3 is 0 Å². The second-order valence-corrected chi connectivity index (χ2v) is 9.57. The molecule has 1 spiro atoms. The van der Waals surface area contributed by atoms with Crippen LogP contribution >= 0.6 is 0 Å². The lowest BCUT2D eigenvalue weighted by Crippen LogP contribution is -2.33. The molecule has 1 heterocycles. The van der Waals surface area contributed by atoms with Crippen molar-refractivity contribution < 1.29 is 4.74 Å². The lowest BCUT2D eigenvalue weighted by molar-refractivity contribution is 0.165. The van der Waals surface area contributed by atoms with E-state index in [1.54, 1.807) is 0 Å². The minimum Gasteiger partial charge on any atom is -0.489 e. The maximum absolute atomic E-state index is 6.30. The van der Waals surface area contributed by atoms with Crippen LogP contribution in [0.5, 0.6) is 5.75 Å². The van der Waals surface area contributed by atoms with E-state index in [-0.39, 0.29) is 0 Å². The van der Waals surface area contributed by atoms with Gasteiger partial charge < -0.3 is 15.4 Å². The van der Waals surface area contributed by atoms with Gasteiger partial charge in [0.2, 0.25) is 0 Å². The van der Waals surface area contributed by atoms with Crippen molar-refractivity contribution in [3.05, 3.63) is 83.4 Å². The molecular formula is C29H34N2O. The SMILES string of the molecule is CCc1ccccc1OCc1cc(-c2cccc(CN)c2)cc(N2CCC3(CCC3)C2)c1. The standard InChI is InChI=1S/C29H34N2O/c1-2-24-8-3-4-10-28(24)32-20-23-16-26(25-9-5-7-22(15-25)19-30)18-27(17-23)31-14-13-29(21-31)11-6-12-29/h3-5,7-10,15-18H,2,6,11-14,19-21,30H2,1H3. The van der Waals surface area contributed by atoms with Crippen molar-refractivity contribution in [1.82, 2.24) is 0 Å². The van der Waals surface area contributed by atoms with E-state index in [1.165, 1.54) is 60.2 Å². The summed E-state index contributed by atoms with van der Waals surface area (Å²) < 4.78 is 6.30. The summed E-state index contributed by atoms with van der Waals surface area (Å²) in [5, 5.41) is 0. The average molecular weight is 427 g/mol. The summed E-state index contributed by atoms with van der Waals surface area (Å²) in [6, 6.07) is 23.9. The van der Waals surface area contributed by atoms with Crippen molar-refractivity contribution in [2.24, 2.45) is 11.1 Å². The summed E-state index contributed by atoms with van der Waals surface area (Å²) in [5.41, 5.74) is 13.9. The van der Waals surface area contributed by atoms with E-state index in [2.05, 4.69) is 78.6 Å². The topological polar surface area (TPSA) is 38.5 Å². The van der Waals surface area contributed by atoms with E-state index in [1.807, 2.05) is 0 Å². The lowest BCUT2D eigenvalue weighted by atomic mass is 9.68. The van der Waals surface area contributed by atoms with E-state index in [0.29, 0.717) is 18.6 Å². The van der Waals surface area contributed by atoms with Crippen LogP contribution in [0.1, 0.15) is 49.3 Å². The van der Waals surface area contributed by atoms with Crippen LogP contribution in [0.4, 0.5) is 5.69 Å². The molecule has 3 aromatic carbocycles. The zero-order valence-corrected chi connectivity index (χ0v) is 19.1. The predicted octanol–water partition coefficient (Wildman–Crippen LogP) is 6.33. The van der Waals surface area contributed by atoms with Crippen LogP contribution in [0.2, 0.25) is 0 Å². The third kappa shape index (κ3) is 4.27. The first-order valence-corrected chi connectivity index (χ1v) is 12.1. The van der Waals surface area contributed by atoms with E-state index in [4.69, 9.17) is 10.5 Å². The predicted molar refractivity (Wildman–Crippen MR) is 133 cm³/mol. The third-order valence-electron chi connectivity index (χ3n) is 7.44. The molecule has 0 unspecified atom stereocenters. The fourth-order valence-electron chi connectivity index (χ4n) is 5.32. The Labute approximate surface area is 192 Å². The van der Waals surface area contributed by atoms with Gasteiger partial charge in [-0.05, 0) is 89.2 Å². The third-order valence-corrected chi connectivity index (χ3v) is 7.44. The number of hydrogen-bond acceptors (Lipinski definition) is 3. The minimum atomic E-state index is 0.561. The first-order chi connectivity index (χ1) is 15.7. The van der Waals surface area contributed by atoms with E-state index >= 15 is 0 Å². The molecule has 3 aromatic rings. The van der Waals surface area contributed by atoms with Crippen LogP contribution in [0.3, 0.4) is 0 Å². The summed E-state index contributed by atoms with van der Waals surface area (Å²) in [6.07, 6.45) is 6.49. The Morgan fingerprint density at radius 1 is 0.906 bits per heavy atom. The summed E-state index contributed by atoms with van der Waals surface area (Å²) >= 11 is 0. The van der Waals surface area contributed by atoms with Crippen LogP contribution in [-0.2, 0) is 19.6 Å². The van der Waals surface area contributed by atoms with Crippen LogP contribution in [-0.4, -0.2) is 13.1 Å². The van der Waals surface area contributed by atoms with Crippen LogP contribution in [0, 0.1) is 5.41 Å². The monoisotopic (exact) mass is 426 g/mol. The zero-order valence-electron chi connectivity index (χ0n) is 19.1. The fourth-order valence-corrected chi connectivity index (χ4v) is 5.32. The van der Waals surface area contributed by atoms with Crippen LogP contribution in [0.15, 0.2) is 66.7 Å². The maximum atomic E-state index is 6.30. The molecule has 0 atom stereocenters. The van der Waals surface area contributed by atoms with Gasteiger partial charge in [-0.25, -0.2) is 0 Å². The molecule has 0 amide bonds. The second kappa shape index (κ2) is 8.99. The number of hydrogen-bond donors (Lipinski definition) is 1. The van der Waals surface area contributed by atoms with Crippen molar-refractivity contribution in [3.63, 3.8) is 0 Å². The number of nitrogens with zero attached hydrogens (tertiary/aromatic N) is 1. The number of rotatable bonds is 7. The van der Waals surface area contributed by atoms with Gasteiger partial charge in [0.15, 0.2) is 0 Å². The molecule has 2 fully saturated rings. The normalized spacial score (nSPS) is 16.9. The summed E-state index contributed by atoms with van der Waals surface area (Å²) in [6.45, 7) is 5.66. The molecule has 1 saturated heterocycles.